The minimum atomic E-state index is -1.10. The number of rotatable bonds is 4. The van der Waals surface area contributed by atoms with Crippen molar-refractivity contribution in [2.75, 3.05) is 5.32 Å². The average Bonchev–Trinajstić information content (AvgIpc) is 2.92. The van der Waals surface area contributed by atoms with Crippen LogP contribution in [-0.4, -0.2) is 25.9 Å². The van der Waals surface area contributed by atoms with E-state index in [-0.39, 0.29) is 16.5 Å². The maximum atomic E-state index is 12.2. The molecule has 2 aromatic heterocycles. The molecule has 0 aromatic carbocycles. The fourth-order valence-corrected chi connectivity index (χ4v) is 3.05. The third-order valence-corrected chi connectivity index (χ3v) is 4.03. The fourth-order valence-electron chi connectivity index (χ4n) is 1.80. The Balaban J connectivity index is 2.30. The van der Waals surface area contributed by atoms with Gasteiger partial charge in [-0.1, -0.05) is 0 Å². The number of anilines is 1. The van der Waals surface area contributed by atoms with Gasteiger partial charge in [-0.15, -0.1) is 0 Å². The predicted molar refractivity (Wildman–Crippen MR) is 79.6 cm³/mol. The van der Waals surface area contributed by atoms with Crippen molar-refractivity contribution in [1.82, 2.24) is 8.94 Å². The van der Waals surface area contributed by atoms with Crippen LogP contribution in [0.15, 0.2) is 16.7 Å². The van der Waals surface area contributed by atoms with Crippen LogP contribution < -0.4 is 5.32 Å². The highest BCUT2D eigenvalue weighted by Gasteiger charge is 2.21. The summed E-state index contributed by atoms with van der Waals surface area (Å²) in [7, 11) is 0. The lowest BCUT2D eigenvalue weighted by atomic mass is 10.2. The molecule has 2 heterocycles. The first kappa shape index (κ1) is 14.7. The summed E-state index contributed by atoms with van der Waals surface area (Å²) < 4.78 is 6.53. The largest absolute Gasteiger partial charge is 0.478 e. The normalized spacial score (nSPS) is 10.6. The number of carboxylic acids is 1. The predicted octanol–water partition coefficient (Wildman–Crippen LogP) is 2.99. The Kier molecular flexibility index (Phi) is 4.24. The minimum absolute atomic E-state index is 0.0389. The number of aryl methyl sites for hydroxylation is 2. The molecule has 0 atom stereocenters. The zero-order chi connectivity index (χ0) is 14.9. The van der Waals surface area contributed by atoms with Gasteiger partial charge in [0.15, 0.2) is 0 Å². The van der Waals surface area contributed by atoms with Crippen molar-refractivity contribution in [2.24, 2.45) is 0 Å². The second-order valence-corrected chi connectivity index (χ2v) is 5.75. The van der Waals surface area contributed by atoms with Crippen molar-refractivity contribution in [1.29, 1.82) is 0 Å². The van der Waals surface area contributed by atoms with Gasteiger partial charge < -0.3 is 15.0 Å². The number of carbonyl (C=O) groups excluding carboxylic acids is 1. The standard InChI is InChI=1S/C12H12BrN3O3S/c1-3-16-5-7(13)4-8(16)10(17)14-11-9(12(18)19)6(2)15-20-11/h4-5H,3H2,1-2H3,(H,14,17)(H,18,19). The molecule has 0 aliphatic rings. The molecule has 0 aliphatic carbocycles. The van der Waals surface area contributed by atoms with Gasteiger partial charge in [0, 0.05) is 17.2 Å². The number of halogens is 1. The van der Waals surface area contributed by atoms with E-state index in [2.05, 4.69) is 25.6 Å². The number of hydrogen-bond acceptors (Lipinski definition) is 4. The molecule has 1 amide bonds. The van der Waals surface area contributed by atoms with Crippen LogP contribution in [0.1, 0.15) is 33.5 Å². The molecule has 0 aliphatic heterocycles. The summed E-state index contributed by atoms with van der Waals surface area (Å²) in [6, 6.07) is 1.69. The summed E-state index contributed by atoms with van der Waals surface area (Å²) in [6.45, 7) is 4.16. The van der Waals surface area contributed by atoms with Crippen LogP contribution in [0.5, 0.6) is 0 Å². The SMILES string of the molecule is CCn1cc(Br)cc1C(=O)Nc1snc(C)c1C(=O)O. The molecule has 20 heavy (non-hydrogen) atoms. The molecule has 0 bridgehead atoms. The lowest BCUT2D eigenvalue weighted by Gasteiger charge is -2.06. The van der Waals surface area contributed by atoms with Gasteiger partial charge in [-0.3, -0.25) is 4.79 Å². The highest BCUT2D eigenvalue weighted by Crippen LogP contribution is 2.25. The van der Waals surface area contributed by atoms with Gasteiger partial charge in [0.2, 0.25) is 0 Å². The number of hydrogen-bond donors (Lipinski definition) is 2. The topological polar surface area (TPSA) is 84.2 Å². The fraction of sp³-hybridized carbons (Fsp3) is 0.250. The molecule has 0 saturated heterocycles. The number of amides is 1. The van der Waals surface area contributed by atoms with Crippen LogP contribution in [0.3, 0.4) is 0 Å². The van der Waals surface area contributed by atoms with Gasteiger partial charge in [-0.05, 0) is 47.4 Å². The number of nitrogens with zero attached hydrogens (tertiary/aromatic N) is 2. The Morgan fingerprint density at radius 3 is 2.85 bits per heavy atom. The Hall–Kier alpha value is -1.67. The number of nitrogens with one attached hydrogen (secondary N) is 1. The Morgan fingerprint density at radius 2 is 2.25 bits per heavy atom. The van der Waals surface area contributed by atoms with Gasteiger partial charge in [0.1, 0.15) is 16.3 Å². The summed E-state index contributed by atoms with van der Waals surface area (Å²) in [5, 5.41) is 12.0. The van der Waals surface area contributed by atoms with Crippen LogP contribution in [-0.2, 0) is 6.54 Å². The molecule has 0 saturated carbocycles. The first-order valence-corrected chi connectivity index (χ1v) is 7.37. The van der Waals surface area contributed by atoms with E-state index >= 15 is 0 Å². The van der Waals surface area contributed by atoms with Gasteiger partial charge in [-0.25, -0.2) is 4.79 Å². The molecule has 0 fully saturated rings. The van der Waals surface area contributed by atoms with Crippen molar-refractivity contribution in [3.8, 4) is 0 Å². The van der Waals surface area contributed by atoms with E-state index in [1.54, 1.807) is 23.8 Å². The van der Waals surface area contributed by atoms with Crippen molar-refractivity contribution < 1.29 is 14.7 Å². The summed E-state index contributed by atoms with van der Waals surface area (Å²) in [4.78, 5) is 23.4. The van der Waals surface area contributed by atoms with Crippen LogP contribution in [0, 0.1) is 6.92 Å². The number of aromatic carboxylic acids is 1. The minimum Gasteiger partial charge on any atom is -0.478 e. The third kappa shape index (κ3) is 2.75. The van der Waals surface area contributed by atoms with Crippen molar-refractivity contribution in [2.45, 2.75) is 20.4 Å². The van der Waals surface area contributed by atoms with Gasteiger partial charge in [-0.2, -0.15) is 4.37 Å². The van der Waals surface area contributed by atoms with Gasteiger partial charge >= 0.3 is 5.97 Å². The quantitative estimate of drug-likeness (QED) is 0.880. The molecule has 2 rings (SSSR count). The van der Waals surface area contributed by atoms with Crippen molar-refractivity contribution in [3.05, 3.63) is 33.7 Å². The summed E-state index contributed by atoms with van der Waals surface area (Å²) >= 11 is 4.28. The zero-order valence-electron chi connectivity index (χ0n) is 10.8. The highest BCUT2D eigenvalue weighted by atomic mass is 79.9. The summed E-state index contributed by atoms with van der Waals surface area (Å²) in [6.07, 6.45) is 1.80. The lowest BCUT2D eigenvalue weighted by Crippen LogP contribution is -2.17. The Morgan fingerprint density at radius 1 is 1.55 bits per heavy atom. The zero-order valence-corrected chi connectivity index (χ0v) is 13.2. The monoisotopic (exact) mass is 357 g/mol. The second kappa shape index (κ2) is 5.76. The maximum absolute atomic E-state index is 12.2. The molecule has 106 valence electrons. The van der Waals surface area contributed by atoms with E-state index in [1.807, 2.05) is 6.92 Å². The van der Waals surface area contributed by atoms with Crippen molar-refractivity contribution >= 4 is 44.3 Å². The first-order valence-electron chi connectivity index (χ1n) is 5.80. The number of carboxylic acid groups (broad SMARTS) is 1. The van der Waals surface area contributed by atoms with Gasteiger partial charge in [0.25, 0.3) is 5.91 Å². The smallest absolute Gasteiger partial charge is 0.340 e. The molecular weight excluding hydrogens is 346 g/mol. The van der Waals surface area contributed by atoms with E-state index in [4.69, 9.17) is 5.11 Å². The Bertz CT molecular complexity index is 678. The average molecular weight is 358 g/mol. The molecule has 0 unspecified atom stereocenters. The highest BCUT2D eigenvalue weighted by molar-refractivity contribution is 9.10. The van der Waals surface area contributed by atoms with Crippen LogP contribution in [0.25, 0.3) is 0 Å². The number of carbonyl (C=O) groups is 2. The Labute approximate surface area is 127 Å². The van der Waals surface area contributed by atoms with E-state index < -0.39 is 5.97 Å². The maximum Gasteiger partial charge on any atom is 0.340 e. The van der Waals surface area contributed by atoms with E-state index in [9.17, 15) is 9.59 Å². The molecule has 6 nitrogen and oxygen atoms in total. The second-order valence-electron chi connectivity index (χ2n) is 4.06. The molecule has 2 N–H and O–H groups in total. The van der Waals surface area contributed by atoms with Crippen molar-refractivity contribution in [3.63, 3.8) is 0 Å². The van der Waals surface area contributed by atoms with Crippen LogP contribution in [0.4, 0.5) is 5.00 Å². The number of aromatic nitrogens is 2. The lowest BCUT2D eigenvalue weighted by molar-refractivity contribution is 0.0697. The van der Waals surface area contributed by atoms with Crippen LogP contribution in [0.2, 0.25) is 0 Å². The molecule has 0 radical (unpaired) electrons. The molecule has 8 heteroatoms. The van der Waals surface area contributed by atoms with E-state index in [1.165, 1.54) is 0 Å². The first-order chi connectivity index (χ1) is 9.43. The van der Waals surface area contributed by atoms with E-state index in [0.717, 1.165) is 16.0 Å². The van der Waals surface area contributed by atoms with Gasteiger partial charge in [0.05, 0.1) is 5.69 Å². The summed E-state index contributed by atoms with van der Waals surface area (Å²) in [5.41, 5.74) is 0.892. The third-order valence-electron chi connectivity index (χ3n) is 2.74. The van der Waals surface area contributed by atoms with Crippen LogP contribution >= 0.6 is 27.5 Å². The molecule has 0 spiro atoms. The summed E-state index contributed by atoms with van der Waals surface area (Å²) in [5.74, 6) is -1.46. The van der Waals surface area contributed by atoms with E-state index in [0.29, 0.717) is 17.9 Å². The molecule has 2 aromatic rings. The molecular formula is C12H12BrN3O3S.